The first kappa shape index (κ1) is 22.1. The van der Waals surface area contributed by atoms with Gasteiger partial charge in [-0.2, -0.15) is 5.10 Å². The number of anilines is 1. The van der Waals surface area contributed by atoms with Gasteiger partial charge < -0.3 is 9.84 Å². The summed E-state index contributed by atoms with van der Waals surface area (Å²) in [6.07, 6.45) is 1.82. The number of halogens is 1. The summed E-state index contributed by atoms with van der Waals surface area (Å²) in [4.78, 5) is 24.7. The Morgan fingerprint density at radius 2 is 2.03 bits per heavy atom. The summed E-state index contributed by atoms with van der Waals surface area (Å²) in [7, 11) is 1.67. The quantitative estimate of drug-likeness (QED) is 0.376. The monoisotopic (exact) mass is 495 g/mol. The van der Waals surface area contributed by atoms with Crippen LogP contribution in [-0.4, -0.2) is 26.9 Å². The number of carbonyl (C=O) groups excluding carboxylic acids is 1. The normalized spacial score (nSPS) is 13.8. The van der Waals surface area contributed by atoms with Gasteiger partial charge in [-0.15, -0.1) is 22.7 Å². The molecule has 0 radical (unpaired) electrons. The van der Waals surface area contributed by atoms with Crippen molar-refractivity contribution in [2.45, 2.75) is 24.9 Å². The molecule has 0 unspecified atom stereocenters. The lowest BCUT2D eigenvalue weighted by atomic mass is 10.0. The van der Waals surface area contributed by atoms with Gasteiger partial charge in [0, 0.05) is 12.4 Å². The van der Waals surface area contributed by atoms with E-state index in [0.29, 0.717) is 43.4 Å². The highest BCUT2D eigenvalue weighted by Crippen LogP contribution is 2.54. The van der Waals surface area contributed by atoms with Gasteiger partial charge in [0.1, 0.15) is 23.7 Å². The molecule has 1 saturated carbocycles. The summed E-state index contributed by atoms with van der Waals surface area (Å²) < 4.78 is 22.4. The van der Waals surface area contributed by atoms with Crippen LogP contribution in [0.3, 0.4) is 0 Å². The number of thiophene rings is 2. The number of benzene rings is 1. The molecule has 3 heterocycles. The van der Waals surface area contributed by atoms with Crippen molar-refractivity contribution in [2.24, 2.45) is 7.05 Å². The van der Waals surface area contributed by atoms with Crippen molar-refractivity contribution in [2.75, 3.05) is 5.32 Å². The highest BCUT2D eigenvalue weighted by Gasteiger charge is 2.54. The van der Waals surface area contributed by atoms with Gasteiger partial charge in [-0.05, 0) is 24.5 Å². The standard InChI is InChI=1S/C24H18FN3O4S2/c1-28-20(27-23(31)32-13-14-5-3-2-4-6-14)15(12-26-28)7-8-16-11-17-18(25)19(34-21(17)33-16)24(9-10-24)22(29)30/h2-6,11-12H,9-10,13H2,1H3,(H,27,31)(H,29,30). The highest BCUT2D eigenvalue weighted by atomic mass is 32.2. The third-order valence-corrected chi connectivity index (χ3v) is 8.14. The second-order valence-electron chi connectivity index (χ2n) is 7.91. The second kappa shape index (κ2) is 8.59. The lowest BCUT2D eigenvalue weighted by Crippen LogP contribution is -2.19. The van der Waals surface area contributed by atoms with E-state index in [1.54, 1.807) is 13.1 Å². The molecule has 0 atom stereocenters. The Labute approximate surface area is 201 Å². The van der Waals surface area contributed by atoms with Crippen LogP contribution in [0.15, 0.2) is 42.6 Å². The van der Waals surface area contributed by atoms with Crippen LogP contribution in [-0.2, 0) is 28.6 Å². The Morgan fingerprint density at radius 3 is 2.71 bits per heavy atom. The Balaban J connectivity index is 1.32. The SMILES string of the molecule is Cn1ncc(C#Cc2cc3c(F)c(C4(C(=O)O)CC4)sc3s2)c1NC(=O)OCc1ccccc1. The largest absolute Gasteiger partial charge is 0.481 e. The zero-order chi connectivity index (χ0) is 23.9. The maximum Gasteiger partial charge on any atom is 0.413 e. The molecule has 7 nitrogen and oxygen atoms in total. The van der Waals surface area contributed by atoms with Gasteiger partial charge in [0.15, 0.2) is 0 Å². The van der Waals surface area contributed by atoms with Crippen molar-refractivity contribution in [1.29, 1.82) is 0 Å². The minimum absolute atomic E-state index is 0.133. The number of nitrogens with zero attached hydrogens (tertiary/aromatic N) is 2. The third-order valence-electron chi connectivity index (χ3n) is 5.61. The Morgan fingerprint density at radius 1 is 1.26 bits per heavy atom. The molecule has 1 amide bonds. The number of carbonyl (C=O) groups is 2. The van der Waals surface area contributed by atoms with Crippen LogP contribution in [0.1, 0.15) is 33.7 Å². The molecule has 34 heavy (non-hydrogen) atoms. The highest BCUT2D eigenvalue weighted by molar-refractivity contribution is 7.38. The topological polar surface area (TPSA) is 93.5 Å². The average molecular weight is 496 g/mol. The van der Waals surface area contributed by atoms with Crippen LogP contribution < -0.4 is 5.32 Å². The van der Waals surface area contributed by atoms with Crippen molar-refractivity contribution in [3.63, 3.8) is 0 Å². The summed E-state index contributed by atoms with van der Waals surface area (Å²) in [6.45, 7) is 0.133. The minimum atomic E-state index is -1.06. The summed E-state index contributed by atoms with van der Waals surface area (Å²) in [5.41, 5.74) is 0.289. The van der Waals surface area contributed by atoms with E-state index in [1.807, 2.05) is 30.3 Å². The molecule has 5 rings (SSSR count). The molecule has 1 aliphatic rings. The predicted octanol–water partition coefficient (Wildman–Crippen LogP) is 5.10. The maximum atomic E-state index is 14.9. The molecule has 4 aromatic rings. The summed E-state index contributed by atoms with van der Waals surface area (Å²) in [5, 5.41) is 16.7. The number of hydrogen-bond donors (Lipinski definition) is 2. The molecule has 1 aliphatic carbocycles. The van der Waals surface area contributed by atoms with Crippen LogP contribution in [0.5, 0.6) is 0 Å². The zero-order valence-corrected chi connectivity index (χ0v) is 19.6. The van der Waals surface area contributed by atoms with E-state index < -0.39 is 23.3 Å². The maximum absolute atomic E-state index is 14.9. The summed E-state index contributed by atoms with van der Waals surface area (Å²) in [5.74, 6) is 4.91. The number of carboxylic acids is 1. The lowest BCUT2D eigenvalue weighted by molar-refractivity contribution is -0.140. The summed E-state index contributed by atoms with van der Waals surface area (Å²) in [6, 6.07) is 11.0. The van der Waals surface area contributed by atoms with Crippen LogP contribution in [0.4, 0.5) is 15.0 Å². The van der Waals surface area contributed by atoms with Crippen LogP contribution in [0.25, 0.3) is 9.40 Å². The molecule has 2 N–H and O–H groups in total. The van der Waals surface area contributed by atoms with Gasteiger partial charge in [0.2, 0.25) is 0 Å². The lowest BCUT2D eigenvalue weighted by Gasteiger charge is -2.07. The van der Waals surface area contributed by atoms with Crippen LogP contribution in [0.2, 0.25) is 0 Å². The number of carboxylic acid groups (broad SMARTS) is 1. The smallest absolute Gasteiger partial charge is 0.413 e. The van der Waals surface area contributed by atoms with Crippen molar-refractivity contribution in [3.8, 4) is 11.8 Å². The third kappa shape index (κ3) is 4.04. The van der Waals surface area contributed by atoms with Gasteiger partial charge in [0.05, 0.1) is 25.5 Å². The van der Waals surface area contributed by atoms with E-state index in [-0.39, 0.29) is 6.61 Å². The average Bonchev–Trinajstić information content (AvgIpc) is 3.31. The van der Waals surface area contributed by atoms with Gasteiger partial charge >= 0.3 is 12.1 Å². The molecular formula is C24H18FN3O4S2. The first-order chi connectivity index (χ1) is 16.4. The number of amides is 1. The molecule has 0 spiro atoms. The zero-order valence-electron chi connectivity index (χ0n) is 17.9. The van der Waals surface area contributed by atoms with Crippen LogP contribution in [0, 0.1) is 17.7 Å². The van der Waals surface area contributed by atoms with Gasteiger partial charge in [-0.3, -0.25) is 14.8 Å². The molecule has 172 valence electrons. The van der Waals surface area contributed by atoms with Gasteiger partial charge in [-0.25, -0.2) is 9.18 Å². The van der Waals surface area contributed by atoms with E-state index in [4.69, 9.17) is 4.74 Å². The first-order valence-corrected chi connectivity index (χ1v) is 12.0. The van der Waals surface area contributed by atoms with Gasteiger partial charge in [0.25, 0.3) is 0 Å². The Kier molecular flexibility index (Phi) is 5.59. The molecule has 1 fully saturated rings. The molecule has 0 bridgehead atoms. The molecular weight excluding hydrogens is 477 g/mol. The Bertz CT molecular complexity index is 1470. The van der Waals surface area contributed by atoms with Crippen molar-refractivity contribution in [3.05, 3.63) is 69.3 Å². The number of rotatable bonds is 5. The van der Waals surface area contributed by atoms with E-state index in [1.165, 1.54) is 33.6 Å². The van der Waals surface area contributed by atoms with Crippen molar-refractivity contribution < 1.29 is 23.8 Å². The fraction of sp³-hybridized carbons (Fsp3) is 0.208. The van der Waals surface area contributed by atoms with Gasteiger partial charge in [-0.1, -0.05) is 42.2 Å². The number of aliphatic carboxylic acids is 1. The Hall–Kier alpha value is -3.68. The number of aromatic nitrogens is 2. The molecule has 10 heteroatoms. The number of aryl methyl sites for hydroxylation is 1. The summed E-state index contributed by atoms with van der Waals surface area (Å²) >= 11 is 2.50. The van der Waals surface area contributed by atoms with E-state index in [9.17, 15) is 19.1 Å². The molecule has 3 aromatic heterocycles. The molecule has 0 saturated heterocycles. The number of ether oxygens (including phenoxy) is 1. The van der Waals surface area contributed by atoms with Crippen LogP contribution >= 0.6 is 22.7 Å². The first-order valence-electron chi connectivity index (χ1n) is 10.3. The van der Waals surface area contributed by atoms with E-state index in [2.05, 4.69) is 22.3 Å². The molecule has 1 aromatic carbocycles. The number of fused-ring (bicyclic) bond motifs is 1. The second-order valence-corrected chi connectivity index (χ2v) is 10.2. The van der Waals surface area contributed by atoms with Crippen molar-refractivity contribution in [1.82, 2.24) is 9.78 Å². The number of nitrogens with one attached hydrogen (secondary N) is 1. The number of hydrogen-bond acceptors (Lipinski definition) is 6. The predicted molar refractivity (Wildman–Crippen MR) is 128 cm³/mol. The van der Waals surface area contributed by atoms with E-state index >= 15 is 0 Å². The fourth-order valence-corrected chi connectivity index (χ4v) is 6.11. The van der Waals surface area contributed by atoms with Crippen molar-refractivity contribution >= 4 is 50.0 Å². The van der Waals surface area contributed by atoms with E-state index in [0.717, 1.165) is 5.56 Å². The fourth-order valence-electron chi connectivity index (χ4n) is 3.56. The minimum Gasteiger partial charge on any atom is -0.481 e. The molecule has 0 aliphatic heterocycles.